The van der Waals surface area contributed by atoms with E-state index in [2.05, 4.69) is 45.9 Å². The quantitative estimate of drug-likeness (QED) is 0.0660. The van der Waals surface area contributed by atoms with Crippen molar-refractivity contribution in [2.45, 2.75) is 69.5 Å². The summed E-state index contributed by atoms with van der Waals surface area (Å²) in [6.07, 6.45) is -12.6. The number of nitrogens with zero attached hydrogens (tertiary/aromatic N) is 9. The first-order chi connectivity index (χ1) is 29.7. The minimum Gasteiger partial charge on any atom is -0.394 e. The summed E-state index contributed by atoms with van der Waals surface area (Å²) in [6.45, 7) is -3.15. The van der Waals surface area contributed by atoms with E-state index in [9.17, 15) is 34.2 Å². The van der Waals surface area contributed by atoms with Crippen molar-refractivity contribution in [3.63, 3.8) is 0 Å². The second-order valence-corrected chi connectivity index (χ2v) is 17.3. The van der Waals surface area contributed by atoms with E-state index in [1.54, 1.807) is 44.2 Å². The Bertz CT molecular complexity index is 2620. The van der Waals surface area contributed by atoms with Gasteiger partial charge in [-0.25, -0.2) is 23.7 Å². The van der Waals surface area contributed by atoms with Crippen LogP contribution in [0.4, 0.5) is 20.5 Å². The van der Waals surface area contributed by atoms with Crippen LogP contribution in [0, 0.1) is 17.2 Å². The summed E-state index contributed by atoms with van der Waals surface area (Å²) >= 11 is 5.65. The highest BCUT2D eigenvalue weighted by atomic mass is 32.5. The van der Waals surface area contributed by atoms with Crippen molar-refractivity contribution in [3.8, 4) is 6.07 Å². The third-order valence-corrected chi connectivity index (χ3v) is 12.1. The van der Waals surface area contributed by atoms with Gasteiger partial charge < -0.3 is 28.9 Å². The predicted molar refractivity (Wildman–Crippen MR) is 210 cm³/mol. The number of aromatic nitrogens is 9. The van der Waals surface area contributed by atoms with Crippen molar-refractivity contribution in [1.29, 1.82) is 5.26 Å². The normalized spacial score (nSPS) is 24.9. The molecule has 2 saturated heterocycles. The molecule has 2 fully saturated rings. The fraction of sp³-hybridized carbons (Fsp3) is 0.455. The summed E-state index contributed by atoms with van der Waals surface area (Å²) in [6, 6.07) is 10.0. The minimum atomic E-state index is -4.31. The van der Waals surface area contributed by atoms with Gasteiger partial charge in [-0.1, -0.05) is 37.3 Å². The standard InChI is InChI=1S/C33H34F2N12O12P2S/c1-15(2)28(49)42-33-41-27-22(30(51)43-33)39-14-46(27)32-24(19(34)17(11-48)56-32)59-61(62,54-10-6-9-36)55-12-18-23(58-60(52)53)20(35)31(57-18)47-26-21(44-45-47)25(37-13-38-26)40-29(50)16-7-4-3-5-8-16/h3-5,7-8,13-15,17-20,23-24,31-32,48H,6,10-12H2,1-2H3,(H3-,37,38,40,41,42,43,45,49,50,51,52,53)/p+1/t17-,18+,19+,20-,23+,24+,31+,32+,61?/m0/s1. The molecular weight excluding hydrogens is 888 g/mol. The van der Waals surface area contributed by atoms with Gasteiger partial charge in [0, 0.05) is 16.0 Å². The van der Waals surface area contributed by atoms with Gasteiger partial charge in [-0.3, -0.25) is 33.8 Å². The van der Waals surface area contributed by atoms with E-state index in [-0.39, 0.29) is 40.5 Å². The van der Waals surface area contributed by atoms with E-state index in [4.69, 9.17) is 39.4 Å². The largest absolute Gasteiger partial charge is 0.695 e. The number of ether oxygens (including phenoxy) is 2. The van der Waals surface area contributed by atoms with Crippen LogP contribution in [0.3, 0.4) is 0 Å². The number of imidazole rings is 1. The number of aliphatic hydroxyl groups is 1. The Kier molecular flexibility index (Phi) is 13.8. The molecule has 24 nitrogen and oxygen atoms in total. The number of nitriles is 1. The molecule has 0 aliphatic carbocycles. The summed E-state index contributed by atoms with van der Waals surface area (Å²) in [5.74, 6) is -1.84. The van der Waals surface area contributed by atoms with Gasteiger partial charge >= 0.3 is 15.0 Å². The zero-order chi connectivity index (χ0) is 44.3. The van der Waals surface area contributed by atoms with Crippen molar-refractivity contribution >= 4 is 72.7 Å². The van der Waals surface area contributed by atoms with Crippen LogP contribution < -0.4 is 16.2 Å². The van der Waals surface area contributed by atoms with E-state index in [0.29, 0.717) is 5.56 Å². The molecule has 62 heavy (non-hydrogen) atoms. The third kappa shape index (κ3) is 9.40. The maximum atomic E-state index is 16.3. The number of fused-ring (bicyclic) bond motifs is 2. The lowest BCUT2D eigenvalue weighted by Crippen LogP contribution is -2.34. The number of aliphatic hydroxyl groups excluding tert-OH is 1. The number of alkyl halides is 2. The van der Waals surface area contributed by atoms with Crippen molar-refractivity contribution in [3.05, 3.63) is 58.9 Å². The first kappa shape index (κ1) is 44.8. The average Bonchev–Trinajstić information content (AvgIpc) is 4.02. The molecule has 6 heterocycles. The minimum absolute atomic E-state index is 0.0647. The molecule has 7 rings (SSSR count). The van der Waals surface area contributed by atoms with Crippen LogP contribution in [0.15, 0.2) is 47.8 Å². The number of hydrogen-bond donors (Lipinski definition) is 5. The maximum Gasteiger partial charge on any atom is 0.695 e. The number of nitrogens with one attached hydrogen (secondary N) is 3. The van der Waals surface area contributed by atoms with Crippen molar-refractivity contribution < 1.29 is 60.5 Å². The Hall–Kier alpha value is -5.23. The number of halogens is 2. The fourth-order valence-corrected chi connectivity index (χ4v) is 8.80. The summed E-state index contributed by atoms with van der Waals surface area (Å²) in [7, 11) is -3.45. The Balaban J connectivity index is 1.15. The van der Waals surface area contributed by atoms with Gasteiger partial charge in [0.05, 0.1) is 38.6 Å². The van der Waals surface area contributed by atoms with Crippen LogP contribution in [-0.4, -0.2) is 123 Å². The number of hydrogen-bond acceptors (Lipinski definition) is 19. The van der Waals surface area contributed by atoms with Gasteiger partial charge in [0.2, 0.25) is 11.9 Å². The van der Waals surface area contributed by atoms with Gasteiger partial charge in [0.15, 0.2) is 59.0 Å². The van der Waals surface area contributed by atoms with E-state index in [0.717, 1.165) is 21.9 Å². The first-order valence-electron chi connectivity index (χ1n) is 18.4. The average molecular weight is 924 g/mol. The predicted octanol–water partition coefficient (Wildman–Crippen LogP) is 2.26. The van der Waals surface area contributed by atoms with Crippen LogP contribution in [0.5, 0.6) is 0 Å². The molecular formula is C33H35F2N12O12P2S+. The number of anilines is 2. The van der Waals surface area contributed by atoms with Crippen LogP contribution in [0.25, 0.3) is 22.3 Å². The highest BCUT2D eigenvalue weighted by Crippen LogP contribution is 2.55. The molecule has 0 bridgehead atoms. The van der Waals surface area contributed by atoms with Gasteiger partial charge in [-0.15, -0.1) is 14.5 Å². The van der Waals surface area contributed by atoms with E-state index in [1.807, 2.05) is 6.07 Å². The lowest BCUT2D eigenvalue weighted by atomic mass is 10.1. The molecule has 5 aromatic rings. The maximum absolute atomic E-state index is 16.3. The summed E-state index contributed by atoms with van der Waals surface area (Å²) in [5.41, 5.74) is -1.07. The zero-order valence-electron chi connectivity index (χ0n) is 32.1. The van der Waals surface area contributed by atoms with Gasteiger partial charge in [-0.05, 0) is 23.9 Å². The smallest absolute Gasteiger partial charge is 0.394 e. The molecule has 0 radical (unpaired) electrons. The van der Waals surface area contributed by atoms with Gasteiger partial charge in [-0.2, -0.15) is 14.9 Å². The number of aromatic amines is 1. The fourth-order valence-electron chi connectivity index (χ4n) is 6.28. The SMILES string of the molecule is CC(C)C(=O)Nc1nc2c(ncn2[C@@H]2O[C@@H](CO)[C@@H](F)[C@H]2OP(=S)(OCCC#N)OC[C@H]2O[C@@H](n3nnc4c(NC(=O)c5ccccc5)ncnc43)[C@@H](F)[C@@H]2O[P+](=O)O)c(=O)[nH]1. The monoisotopic (exact) mass is 923 g/mol. The number of benzene rings is 1. The second kappa shape index (κ2) is 19.0. The second-order valence-electron chi connectivity index (χ2n) is 13.7. The molecule has 10 atom stereocenters. The third-order valence-electron chi connectivity index (χ3n) is 9.28. The topological polar surface area (TPSA) is 315 Å². The van der Waals surface area contributed by atoms with E-state index in [1.165, 1.54) is 0 Å². The van der Waals surface area contributed by atoms with Crippen molar-refractivity contribution in [1.82, 2.24) is 44.5 Å². The molecule has 2 aliphatic rings. The number of rotatable bonds is 17. The summed E-state index contributed by atoms with van der Waals surface area (Å²) in [5, 5.41) is 32.2. The molecule has 29 heteroatoms. The Morgan fingerprint density at radius 2 is 1.82 bits per heavy atom. The van der Waals surface area contributed by atoms with E-state index < -0.39 is 107 Å². The number of amides is 2. The Morgan fingerprint density at radius 3 is 2.53 bits per heavy atom. The molecule has 328 valence electrons. The lowest BCUT2D eigenvalue weighted by Gasteiger charge is -2.29. The number of H-pyrrole nitrogens is 1. The van der Waals surface area contributed by atoms with Crippen molar-refractivity contribution in [2.24, 2.45) is 5.92 Å². The number of carbonyl (C=O) groups excluding carboxylic acids is 2. The Labute approximate surface area is 353 Å². The van der Waals surface area contributed by atoms with Crippen LogP contribution in [-0.2, 0) is 48.7 Å². The molecule has 4 aromatic heterocycles. The molecule has 2 amide bonds. The molecule has 1 aromatic carbocycles. The number of carbonyl (C=O) groups is 2. The molecule has 2 unspecified atom stereocenters. The Morgan fingerprint density at radius 1 is 1.06 bits per heavy atom. The molecule has 2 aliphatic heterocycles. The molecule has 5 N–H and O–H groups in total. The molecule has 0 saturated carbocycles. The highest BCUT2D eigenvalue weighted by Gasteiger charge is 2.54. The van der Waals surface area contributed by atoms with E-state index >= 15 is 8.78 Å². The van der Waals surface area contributed by atoms with Gasteiger partial charge in [0.25, 0.3) is 11.5 Å². The van der Waals surface area contributed by atoms with Crippen LogP contribution in [0.1, 0.15) is 43.1 Å². The first-order valence-corrected chi connectivity index (χ1v) is 22.1. The van der Waals surface area contributed by atoms with Crippen LogP contribution in [0.2, 0.25) is 0 Å². The van der Waals surface area contributed by atoms with Gasteiger partial charge in [0.1, 0.15) is 24.6 Å². The zero-order valence-corrected chi connectivity index (χ0v) is 34.7. The summed E-state index contributed by atoms with van der Waals surface area (Å²) in [4.78, 5) is 66.7. The molecule has 0 spiro atoms. The highest BCUT2D eigenvalue weighted by molar-refractivity contribution is 8.07. The van der Waals surface area contributed by atoms with Crippen molar-refractivity contribution in [2.75, 3.05) is 30.5 Å². The lowest BCUT2D eigenvalue weighted by molar-refractivity contribution is -0.118. The van der Waals surface area contributed by atoms with Crippen LogP contribution >= 0.6 is 15.0 Å². The summed E-state index contributed by atoms with van der Waals surface area (Å²) < 4.78 is 80.7.